The van der Waals surface area contributed by atoms with E-state index in [9.17, 15) is 9.90 Å². The van der Waals surface area contributed by atoms with Crippen LogP contribution in [0.4, 0.5) is 0 Å². The monoisotopic (exact) mass is 249 g/mol. The third-order valence-corrected chi connectivity index (χ3v) is 3.21. The highest BCUT2D eigenvalue weighted by atomic mass is 16.3. The molecule has 100 valence electrons. The van der Waals surface area contributed by atoms with E-state index in [1.54, 1.807) is 12.1 Å². The number of phenols is 1. The van der Waals surface area contributed by atoms with E-state index >= 15 is 0 Å². The maximum Gasteiger partial charge on any atom is 0.223 e. The van der Waals surface area contributed by atoms with Crippen molar-refractivity contribution in [2.24, 2.45) is 5.92 Å². The fraction of sp³-hybridized carbons (Fsp3) is 0.533. The van der Waals surface area contributed by atoms with Crippen molar-refractivity contribution < 1.29 is 9.90 Å². The van der Waals surface area contributed by atoms with Gasteiger partial charge >= 0.3 is 0 Å². The van der Waals surface area contributed by atoms with Crippen LogP contribution in [0.2, 0.25) is 0 Å². The fourth-order valence-corrected chi connectivity index (χ4v) is 2.02. The molecule has 1 aromatic rings. The van der Waals surface area contributed by atoms with Crippen LogP contribution in [0.3, 0.4) is 0 Å². The van der Waals surface area contributed by atoms with Gasteiger partial charge in [-0.05, 0) is 43.4 Å². The summed E-state index contributed by atoms with van der Waals surface area (Å²) in [6.07, 6.45) is 3.57. The summed E-state index contributed by atoms with van der Waals surface area (Å²) >= 11 is 0. The predicted molar refractivity (Wildman–Crippen MR) is 73.5 cm³/mol. The van der Waals surface area contributed by atoms with Crippen LogP contribution in [-0.4, -0.2) is 17.6 Å². The average molecular weight is 249 g/mol. The second-order valence-corrected chi connectivity index (χ2v) is 4.58. The minimum absolute atomic E-state index is 0.144. The fourth-order valence-electron chi connectivity index (χ4n) is 2.02. The highest BCUT2D eigenvalue weighted by Crippen LogP contribution is 2.12. The molecule has 2 N–H and O–H groups in total. The standard InChI is InChI=1S/C15H23NO2/c1-3-13(4-2)15(18)16-10-6-8-12-7-5-9-14(17)11-12/h5,7,9,11,13,17H,3-4,6,8,10H2,1-2H3,(H,16,18). The summed E-state index contributed by atoms with van der Waals surface area (Å²) in [6.45, 7) is 4.78. The van der Waals surface area contributed by atoms with Crippen molar-refractivity contribution in [1.29, 1.82) is 0 Å². The normalized spacial score (nSPS) is 10.6. The third kappa shape index (κ3) is 4.78. The Labute approximate surface area is 109 Å². The highest BCUT2D eigenvalue weighted by molar-refractivity contribution is 5.78. The first-order valence-corrected chi connectivity index (χ1v) is 6.73. The molecule has 1 aromatic carbocycles. The molecule has 3 nitrogen and oxygen atoms in total. The van der Waals surface area contributed by atoms with Gasteiger partial charge in [-0.1, -0.05) is 26.0 Å². The Bertz CT molecular complexity index is 373. The Hall–Kier alpha value is -1.51. The molecular weight excluding hydrogens is 226 g/mol. The van der Waals surface area contributed by atoms with Crippen molar-refractivity contribution in [3.05, 3.63) is 29.8 Å². The summed E-state index contributed by atoms with van der Waals surface area (Å²) in [7, 11) is 0. The third-order valence-electron chi connectivity index (χ3n) is 3.21. The highest BCUT2D eigenvalue weighted by Gasteiger charge is 2.12. The first kappa shape index (κ1) is 14.6. The zero-order chi connectivity index (χ0) is 13.4. The lowest BCUT2D eigenvalue weighted by atomic mass is 10.0. The van der Waals surface area contributed by atoms with Crippen LogP contribution in [0.1, 0.15) is 38.7 Å². The maximum absolute atomic E-state index is 11.7. The molecule has 0 radical (unpaired) electrons. The molecule has 1 amide bonds. The Morgan fingerprint density at radius 3 is 2.67 bits per heavy atom. The van der Waals surface area contributed by atoms with Crippen LogP contribution < -0.4 is 5.32 Å². The molecule has 1 rings (SSSR count). The van der Waals surface area contributed by atoms with Crippen molar-refractivity contribution >= 4 is 5.91 Å². The zero-order valence-electron chi connectivity index (χ0n) is 11.3. The smallest absolute Gasteiger partial charge is 0.223 e. The Morgan fingerprint density at radius 2 is 2.06 bits per heavy atom. The summed E-state index contributed by atoms with van der Waals surface area (Å²) in [5, 5.41) is 12.3. The van der Waals surface area contributed by atoms with Crippen molar-refractivity contribution in [2.75, 3.05) is 6.54 Å². The molecule has 0 aromatic heterocycles. The lowest BCUT2D eigenvalue weighted by molar-refractivity contribution is -0.125. The second-order valence-electron chi connectivity index (χ2n) is 4.58. The van der Waals surface area contributed by atoms with Gasteiger partial charge in [-0.25, -0.2) is 0 Å². The Kier molecular flexibility index (Phi) is 6.26. The van der Waals surface area contributed by atoms with Gasteiger partial charge in [0.05, 0.1) is 0 Å². The van der Waals surface area contributed by atoms with E-state index in [2.05, 4.69) is 5.32 Å². The first-order chi connectivity index (χ1) is 8.67. The molecule has 3 heteroatoms. The van der Waals surface area contributed by atoms with Crippen molar-refractivity contribution in [3.63, 3.8) is 0 Å². The molecule has 0 aliphatic heterocycles. The van der Waals surface area contributed by atoms with Gasteiger partial charge in [0.2, 0.25) is 5.91 Å². The number of rotatable bonds is 7. The van der Waals surface area contributed by atoms with Crippen molar-refractivity contribution in [3.8, 4) is 5.75 Å². The van der Waals surface area contributed by atoms with Gasteiger partial charge < -0.3 is 10.4 Å². The number of amides is 1. The topological polar surface area (TPSA) is 49.3 Å². The van der Waals surface area contributed by atoms with Gasteiger partial charge in [0.15, 0.2) is 0 Å². The maximum atomic E-state index is 11.7. The number of aromatic hydroxyl groups is 1. The molecule has 0 unspecified atom stereocenters. The number of aryl methyl sites for hydroxylation is 1. The van der Waals surface area contributed by atoms with E-state index in [1.807, 2.05) is 26.0 Å². The molecule has 0 saturated heterocycles. The molecule has 0 saturated carbocycles. The second kappa shape index (κ2) is 7.75. The van der Waals surface area contributed by atoms with E-state index in [0.29, 0.717) is 12.3 Å². The van der Waals surface area contributed by atoms with Gasteiger partial charge in [-0.2, -0.15) is 0 Å². The van der Waals surface area contributed by atoms with E-state index in [1.165, 1.54) is 0 Å². The van der Waals surface area contributed by atoms with Gasteiger partial charge in [-0.15, -0.1) is 0 Å². The number of benzene rings is 1. The predicted octanol–water partition coefficient (Wildman–Crippen LogP) is 2.88. The summed E-state index contributed by atoms with van der Waals surface area (Å²) in [4.78, 5) is 11.7. The van der Waals surface area contributed by atoms with Gasteiger partial charge in [0, 0.05) is 12.5 Å². The summed E-state index contributed by atoms with van der Waals surface area (Å²) in [5.74, 6) is 0.607. The molecule has 0 fully saturated rings. The lowest BCUT2D eigenvalue weighted by Gasteiger charge is -2.12. The molecule has 0 heterocycles. The van der Waals surface area contributed by atoms with Gasteiger partial charge in [-0.3, -0.25) is 4.79 Å². The quantitative estimate of drug-likeness (QED) is 0.730. The Balaban J connectivity index is 2.24. The number of hydrogen-bond donors (Lipinski definition) is 2. The van der Waals surface area contributed by atoms with Crippen LogP contribution in [0.5, 0.6) is 5.75 Å². The SMILES string of the molecule is CCC(CC)C(=O)NCCCc1cccc(O)c1. The minimum atomic E-state index is 0.144. The number of hydrogen-bond acceptors (Lipinski definition) is 2. The molecule has 0 aliphatic carbocycles. The molecular formula is C15H23NO2. The molecule has 0 aliphatic rings. The largest absolute Gasteiger partial charge is 0.508 e. The van der Waals surface area contributed by atoms with E-state index in [4.69, 9.17) is 0 Å². The number of nitrogens with one attached hydrogen (secondary N) is 1. The van der Waals surface area contributed by atoms with E-state index < -0.39 is 0 Å². The van der Waals surface area contributed by atoms with Crippen LogP contribution in [0.25, 0.3) is 0 Å². The first-order valence-electron chi connectivity index (χ1n) is 6.73. The van der Waals surface area contributed by atoms with Crippen LogP contribution >= 0.6 is 0 Å². The number of phenolic OH excluding ortho intramolecular Hbond substituents is 1. The van der Waals surface area contributed by atoms with Gasteiger partial charge in [0.1, 0.15) is 5.75 Å². The van der Waals surface area contributed by atoms with Crippen LogP contribution in [-0.2, 0) is 11.2 Å². The van der Waals surface area contributed by atoms with Crippen LogP contribution in [0.15, 0.2) is 24.3 Å². The zero-order valence-corrected chi connectivity index (χ0v) is 11.3. The lowest BCUT2D eigenvalue weighted by Crippen LogP contribution is -2.31. The molecule has 18 heavy (non-hydrogen) atoms. The Morgan fingerprint density at radius 1 is 1.33 bits per heavy atom. The average Bonchev–Trinajstić information content (AvgIpc) is 2.36. The molecule has 0 spiro atoms. The summed E-state index contributed by atoms with van der Waals surface area (Å²) < 4.78 is 0. The van der Waals surface area contributed by atoms with E-state index in [0.717, 1.165) is 31.2 Å². The molecule has 0 bridgehead atoms. The number of carbonyl (C=O) groups excluding carboxylic acids is 1. The summed E-state index contributed by atoms with van der Waals surface area (Å²) in [6, 6.07) is 7.26. The van der Waals surface area contributed by atoms with Crippen molar-refractivity contribution in [1.82, 2.24) is 5.32 Å². The van der Waals surface area contributed by atoms with Crippen LogP contribution in [0, 0.1) is 5.92 Å². The summed E-state index contributed by atoms with van der Waals surface area (Å²) in [5.41, 5.74) is 1.10. The van der Waals surface area contributed by atoms with Gasteiger partial charge in [0.25, 0.3) is 0 Å². The minimum Gasteiger partial charge on any atom is -0.508 e. The van der Waals surface area contributed by atoms with Crippen molar-refractivity contribution in [2.45, 2.75) is 39.5 Å². The molecule has 0 atom stereocenters. The number of carbonyl (C=O) groups is 1. The van der Waals surface area contributed by atoms with E-state index in [-0.39, 0.29) is 11.8 Å².